The van der Waals surface area contributed by atoms with Crippen LogP contribution < -0.4 is 5.32 Å². The summed E-state index contributed by atoms with van der Waals surface area (Å²) >= 11 is 1.48. The van der Waals surface area contributed by atoms with E-state index in [1.54, 1.807) is 0 Å². The second-order valence-electron chi connectivity index (χ2n) is 8.77. The first-order valence-corrected chi connectivity index (χ1v) is 11.0. The van der Waals surface area contributed by atoms with E-state index in [0.29, 0.717) is 5.75 Å². The zero-order valence-corrected chi connectivity index (χ0v) is 16.5. The number of hydrogen-bond donors (Lipinski definition) is 1. The first-order valence-electron chi connectivity index (χ1n) is 9.99. The molecule has 0 spiro atoms. The van der Waals surface area contributed by atoms with Crippen LogP contribution in [0.2, 0.25) is 0 Å². The maximum atomic E-state index is 12.2. The highest BCUT2D eigenvalue weighted by atomic mass is 32.2. The number of hydrogen-bond acceptors (Lipinski definition) is 4. The molecule has 0 radical (unpaired) electrons. The normalized spacial score (nSPS) is 31.2. The Balaban J connectivity index is 1.28. The fraction of sp³-hybridized carbons (Fsp3) is 0.571. The predicted octanol–water partition coefficient (Wildman–Crippen LogP) is 4.01. The summed E-state index contributed by atoms with van der Waals surface area (Å²) in [4.78, 5) is 12.2. The zero-order chi connectivity index (χ0) is 18.4. The van der Waals surface area contributed by atoms with E-state index in [-0.39, 0.29) is 11.3 Å². The number of carbonyl (C=O) groups is 1. The molecule has 0 aliphatic heterocycles. The molecule has 0 unspecified atom stereocenters. The molecule has 2 aromatic rings. The number of carbonyl (C=O) groups excluding carboxylic acids is 1. The van der Waals surface area contributed by atoms with Crippen LogP contribution >= 0.6 is 11.8 Å². The lowest BCUT2D eigenvalue weighted by molar-refractivity contribution is -0.113. The Kier molecular flexibility index (Phi) is 4.26. The summed E-state index contributed by atoms with van der Waals surface area (Å²) in [5, 5.41) is 12.9. The SMILES string of the molecule is Cn1c(SCC(=O)Nc2ccccc2)nnc1C12CC3CC(CC(C3)C1)C2. The van der Waals surface area contributed by atoms with Crippen molar-refractivity contribution in [3.05, 3.63) is 36.2 Å². The van der Waals surface area contributed by atoms with E-state index in [0.717, 1.165) is 34.4 Å². The summed E-state index contributed by atoms with van der Waals surface area (Å²) in [5.41, 5.74) is 1.07. The second-order valence-corrected chi connectivity index (χ2v) is 9.71. The Morgan fingerprint density at radius 3 is 2.37 bits per heavy atom. The van der Waals surface area contributed by atoms with Crippen molar-refractivity contribution in [1.29, 1.82) is 0 Å². The summed E-state index contributed by atoms with van der Waals surface area (Å²) in [5.74, 6) is 4.17. The third-order valence-electron chi connectivity index (χ3n) is 6.74. The fourth-order valence-corrected chi connectivity index (χ4v) is 6.85. The summed E-state index contributed by atoms with van der Waals surface area (Å²) in [6.07, 6.45) is 8.13. The van der Waals surface area contributed by atoms with Crippen LogP contribution in [0.25, 0.3) is 0 Å². The van der Waals surface area contributed by atoms with Gasteiger partial charge in [-0.1, -0.05) is 30.0 Å². The standard InChI is InChI=1S/C21H26N4OS/c1-25-19(21-10-14-7-15(11-21)9-16(8-14)12-21)23-24-20(25)27-13-18(26)22-17-5-3-2-4-6-17/h2-6,14-16H,7-13H2,1H3,(H,22,26). The predicted molar refractivity (Wildman–Crippen MR) is 107 cm³/mol. The Labute approximate surface area is 164 Å². The molecule has 6 heteroatoms. The fourth-order valence-electron chi connectivity index (χ4n) is 6.14. The average molecular weight is 383 g/mol. The molecule has 4 bridgehead atoms. The lowest BCUT2D eigenvalue weighted by Crippen LogP contribution is -2.49. The highest BCUT2D eigenvalue weighted by Gasteiger charge is 2.53. The monoisotopic (exact) mass is 382 g/mol. The van der Waals surface area contributed by atoms with Crippen molar-refractivity contribution in [2.75, 3.05) is 11.1 Å². The molecule has 1 heterocycles. The number of nitrogens with one attached hydrogen (secondary N) is 1. The number of amides is 1. The number of nitrogens with zero attached hydrogens (tertiary/aromatic N) is 3. The van der Waals surface area contributed by atoms with Gasteiger partial charge in [0.1, 0.15) is 5.82 Å². The summed E-state index contributed by atoms with van der Waals surface area (Å²) in [6.45, 7) is 0. The summed E-state index contributed by atoms with van der Waals surface area (Å²) in [6, 6.07) is 9.58. The largest absolute Gasteiger partial charge is 0.325 e. The van der Waals surface area contributed by atoms with Gasteiger partial charge in [-0.05, 0) is 68.4 Å². The second kappa shape index (κ2) is 6.66. The van der Waals surface area contributed by atoms with Crippen LogP contribution in [0.1, 0.15) is 44.3 Å². The van der Waals surface area contributed by atoms with Crippen molar-refractivity contribution in [3.63, 3.8) is 0 Å². The van der Waals surface area contributed by atoms with Crippen LogP contribution in [0, 0.1) is 17.8 Å². The summed E-state index contributed by atoms with van der Waals surface area (Å²) < 4.78 is 2.16. The molecule has 4 saturated carbocycles. The maximum Gasteiger partial charge on any atom is 0.234 e. The smallest absolute Gasteiger partial charge is 0.234 e. The van der Waals surface area contributed by atoms with Gasteiger partial charge in [-0.2, -0.15) is 0 Å². The minimum atomic E-state index is -0.00875. The van der Waals surface area contributed by atoms with Crippen molar-refractivity contribution in [1.82, 2.24) is 14.8 Å². The van der Waals surface area contributed by atoms with Gasteiger partial charge < -0.3 is 9.88 Å². The number of anilines is 1. The van der Waals surface area contributed by atoms with Crippen LogP contribution in [0.5, 0.6) is 0 Å². The van der Waals surface area contributed by atoms with Crippen LogP contribution in [-0.4, -0.2) is 26.4 Å². The third-order valence-corrected chi connectivity index (χ3v) is 7.76. The highest BCUT2D eigenvalue weighted by Crippen LogP contribution is 2.60. The lowest BCUT2D eigenvalue weighted by atomic mass is 9.49. The van der Waals surface area contributed by atoms with Gasteiger partial charge in [0.2, 0.25) is 5.91 Å². The molecule has 4 aliphatic carbocycles. The van der Waals surface area contributed by atoms with Gasteiger partial charge in [0.25, 0.3) is 0 Å². The topological polar surface area (TPSA) is 59.8 Å². The Hall–Kier alpha value is -1.82. The van der Waals surface area contributed by atoms with Crippen molar-refractivity contribution in [3.8, 4) is 0 Å². The van der Waals surface area contributed by atoms with Crippen LogP contribution in [0.3, 0.4) is 0 Å². The van der Waals surface area contributed by atoms with Crippen molar-refractivity contribution >= 4 is 23.4 Å². The Bertz CT molecular complexity index is 812. The molecule has 6 rings (SSSR count). The molecule has 1 N–H and O–H groups in total. The van der Waals surface area contributed by atoms with Gasteiger partial charge in [0, 0.05) is 18.2 Å². The maximum absolute atomic E-state index is 12.2. The lowest BCUT2D eigenvalue weighted by Gasteiger charge is -2.56. The molecule has 1 aromatic heterocycles. The molecular weight excluding hydrogens is 356 g/mol. The van der Waals surface area contributed by atoms with Gasteiger partial charge in [0.05, 0.1) is 5.75 Å². The van der Waals surface area contributed by atoms with Gasteiger partial charge in [-0.25, -0.2) is 0 Å². The number of rotatable bonds is 5. The molecule has 0 saturated heterocycles. The molecular formula is C21H26N4OS. The first-order chi connectivity index (χ1) is 13.1. The van der Waals surface area contributed by atoms with E-state index in [9.17, 15) is 4.79 Å². The van der Waals surface area contributed by atoms with E-state index in [1.165, 1.54) is 50.3 Å². The highest BCUT2D eigenvalue weighted by molar-refractivity contribution is 7.99. The molecule has 142 valence electrons. The van der Waals surface area contributed by atoms with Crippen molar-refractivity contribution < 1.29 is 4.79 Å². The first kappa shape index (κ1) is 17.3. The number of benzene rings is 1. The van der Waals surface area contributed by atoms with E-state index in [1.807, 2.05) is 30.3 Å². The van der Waals surface area contributed by atoms with Crippen LogP contribution in [-0.2, 0) is 17.3 Å². The van der Waals surface area contributed by atoms with Crippen molar-refractivity contribution in [2.45, 2.75) is 49.1 Å². The molecule has 5 nitrogen and oxygen atoms in total. The zero-order valence-electron chi connectivity index (χ0n) is 15.7. The number of aromatic nitrogens is 3. The molecule has 0 atom stereocenters. The minimum Gasteiger partial charge on any atom is -0.325 e. The van der Waals surface area contributed by atoms with Gasteiger partial charge >= 0.3 is 0 Å². The molecule has 4 fully saturated rings. The van der Waals surface area contributed by atoms with Gasteiger partial charge in [-0.3, -0.25) is 4.79 Å². The van der Waals surface area contributed by atoms with E-state index in [4.69, 9.17) is 0 Å². The molecule has 27 heavy (non-hydrogen) atoms. The number of para-hydroxylation sites is 1. The molecule has 1 aromatic carbocycles. The molecule has 4 aliphatic rings. The minimum absolute atomic E-state index is 0.00875. The average Bonchev–Trinajstić information content (AvgIpc) is 3.01. The van der Waals surface area contributed by atoms with Crippen LogP contribution in [0.4, 0.5) is 5.69 Å². The quantitative estimate of drug-likeness (QED) is 0.794. The van der Waals surface area contributed by atoms with Crippen molar-refractivity contribution in [2.24, 2.45) is 24.8 Å². The van der Waals surface area contributed by atoms with E-state index >= 15 is 0 Å². The van der Waals surface area contributed by atoms with E-state index in [2.05, 4.69) is 27.1 Å². The van der Waals surface area contributed by atoms with Gasteiger partial charge in [-0.15, -0.1) is 10.2 Å². The van der Waals surface area contributed by atoms with Crippen LogP contribution in [0.15, 0.2) is 35.5 Å². The third kappa shape index (κ3) is 3.18. The molecule has 1 amide bonds. The number of thioether (sulfide) groups is 1. The Morgan fingerprint density at radius 2 is 1.74 bits per heavy atom. The Morgan fingerprint density at radius 1 is 1.11 bits per heavy atom. The van der Waals surface area contributed by atoms with E-state index < -0.39 is 0 Å². The summed E-state index contributed by atoms with van der Waals surface area (Å²) in [7, 11) is 2.07. The van der Waals surface area contributed by atoms with Gasteiger partial charge in [0.15, 0.2) is 5.16 Å².